The molecule has 0 amide bonds. The fraction of sp³-hybridized carbons (Fsp3) is 0.0345. The molecular weight excluding hydrogens is 697 g/mol. The fourth-order valence-corrected chi connectivity index (χ4v) is 9.87. The zero-order valence-corrected chi connectivity index (χ0v) is 31.9. The average molecular weight is 735 g/mol. The summed E-state index contributed by atoms with van der Waals surface area (Å²) in [5.41, 5.74) is 9.99. The second kappa shape index (κ2) is 13.2. The molecule has 2 atom stereocenters. The zero-order chi connectivity index (χ0) is 38.2. The van der Waals surface area contributed by atoms with Gasteiger partial charge in [-0.3, -0.25) is 0 Å². The van der Waals surface area contributed by atoms with E-state index < -0.39 is 0 Å². The van der Waals surface area contributed by atoms with Crippen molar-refractivity contribution in [2.24, 2.45) is 11.8 Å². The molecule has 0 radical (unpaired) electrons. The van der Waals surface area contributed by atoms with Crippen LogP contribution in [0.3, 0.4) is 0 Å². The molecule has 0 saturated heterocycles. The van der Waals surface area contributed by atoms with Crippen molar-refractivity contribution in [3.63, 3.8) is 0 Å². The monoisotopic (exact) mass is 734 g/mol. The lowest BCUT2D eigenvalue weighted by molar-refractivity contribution is 0.663. The lowest BCUT2D eigenvalue weighted by Gasteiger charge is -2.23. The van der Waals surface area contributed by atoms with E-state index in [2.05, 4.69) is 218 Å². The summed E-state index contributed by atoms with van der Waals surface area (Å²) in [5, 5.41) is 15.4. The molecule has 10 aromatic rings. The van der Waals surface area contributed by atoms with E-state index in [-0.39, 0.29) is 0 Å². The van der Waals surface area contributed by atoms with Crippen LogP contribution in [0.4, 0.5) is 0 Å². The summed E-state index contributed by atoms with van der Waals surface area (Å²) in [6.07, 6.45) is 16.0. The molecule has 10 aromatic carbocycles. The largest absolute Gasteiger partial charge is 0.0767 e. The smallest absolute Gasteiger partial charge is 0.00567 e. The van der Waals surface area contributed by atoms with Gasteiger partial charge in [-0.2, -0.15) is 0 Å². The fourth-order valence-electron chi connectivity index (χ4n) is 9.87. The molecule has 0 spiro atoms. The molecular formula is C58H38. The van der Waals surface area contributed by atoms with Crippen molar-refractivity contribution >= 4 is 70.2 Å². The van der Waals surface area contributed by atoms with Crippen molar-refractivity contribution in [1.82, 2.24) is 0 Å². The lowest BCUT2D eigenvalue weighted by atomic mass is 9.81. The molecule has 0 heterocycles. The van der Waals surface area contributed by atoms with E-state index in [0.717, 1.165) is 0 Å². The summed E-state index contributed by atoms with van der Waals surface area (Å²) in [6, 6.07) is 65.7. The minimum atomic E-state index is 0.422. The molecule has 270 valence electrons. The van der Waals surface area contributed by atoms with Crippen molar-refractivity contribution in [2.75, 3.05) is 0 Å². The summed E-state index contributed by atoms with van der Waals surface area (Å²) in [5.74, 6) is 0.880. The minimum Gasteiger partial charge on any atom is -0.0767 e. The number of rotatable bonds is 4. The lowest BCUT2D eigenvalue weighted by Crippen LogP contribution is -2.11. The van der Waals surface area contributed by atoms with Gasteiger partial charge in [0.15, 0.2) is 0 Å². The van der Waals surface area contributed by atoms with Gasteiger partial charge in [0.05, 0.1) is 0 Å². The third kappa shape index (κ3) is 5.22. The van der Waals surface area contributed by atoms with Gasteiger partial charge in [0.1, 0.15) is 0 Å². The van der Waals surface area contributed by atoms with E-state index in [0.29, 0.717) is 11.8 Å². The van der Waals surface area contributed by atoms with Crippen LogP contribution in [0, 0.1) is 11.8 Å². The molecule has 0 aliphatic heterocycles. The minimum absolute atomic E-state index is 0.422. The molecule has 2 unspecified atom stereocenters. The highest BCUT2D eigenvalue weighted by atomic mass is 14.2. The first-order chi connectivity index (χ1) is 28.7. The van der Waals surface area contributed by atoms with E-state index in [9.17, 15) is 0 Å². The summed E-state index contributed by atoms with van der Waals surface area (Å²) >= 11 is 0. The van der Waals surface area contributed by atoms with E-state index in [1.54, 1.807) is 0 Å². The molecule has 0 heteroatoms. The highest BCUT2D eigenvalue weighted by Gasteiger charge is 2.21. The van der Waals surface area contributed by atoms with Crippen LogP contribution < -0.4 is 0 Å². The summed E-state index contributed by atoms with van der Waals surface area (Å²) in [7, 11) is 0. The van der Waals surface area contributed by atoms with Gasteiger partial charge >= 0.3 is 0 Å². The van der Waals surface area contributed by atoms with Crippen LogP contribution in [0.1, 0.15) is 5.56 Å². The molecule has 0 fully saturated rings. The number of benzene rings is 10. The van der Waals surface area contributed by atoms with Crippen LogP contribution in [0.2, 0.25) is 0 Å². The zero-order valence-electron chi connectivity index (χ0n) is 31.9. The molecule has 0 aromatic heterocycles. The Kier molecular flexibility index (Phi) is 7.46. The molecule has 12 rings (SSSR count). The van der Waals surface area contributed by atoms with Gasteiger partial charge in [0.25, 0.3) is 0 Å². The van der Waals surface area contributed by atoms with Crippen molar-refractivity contribution in [3.05, 3.63) is 224 Å². The van der Waals surface area contributed by atoms with E-state index >= 15 is 0 Å². The molecule has 0 N–H and O–H groups in total. The van der Waals surface area contributed by atoms with Crippen molar-refractivity contribution in [2.45, 2.75) is 0 Å². The maximum atomic E-state index is 2.46. The second-order valence-corrected chi connectivity index (χ2v) is 16.0. The molecule has 58 heavy (non-hydrogen) atoms. The van der Waals surface area contributed by atoms with Crippen LogP contribution in [-0.2, 0) is 0 Å². The first-order valence-corrected chi connectivity index (χ1v) is 20.4. The van der Waals surface area contributed by atoms with Gasteiger partial charge in [-0.25, -0.2) is 0 Å². The molecule has 2 aliphatic rings. The number of allylic oxidation sites excluding steroid dienone is 8. The quantitative estimate of drug-likeness (QED) is 0.158. The van der Waals surface area contributed by atoms with Crippen LogP contribution in [0.25, 0.3) is 104 Å². The Labute approximate surface area is 338 Å². The first kappa shape index (κ1) is 32.9. The average Bonchev–Trinajstić information content (AvgIpc) is 3.30. The van der Waals surface area contributed by atoms with Gasteiger partial charge in [-0.05, 0) is 127 Å². The van der Waals surface area contributed by atoms with Crippen molar-refractivity contribution in [3.8, 4) is 33.4 Å². The van der Waals surface area contributed by atoms with Crippen LogP contribution >= 0.6 is 0 Å². The Morgan fingerprint density at radius 1 is 0.293 bits per heavy atom. The first-order valence-electron chi connectivity index (χ1n) is 20.4. The number of hydrogen-bond donors (Lipinski definition) is 0. The SMILES string of the molecule is C1=CC2C=CC(c3ccc(-c4cc5c6ccccc6c6cc(-c7ccc(-c8ccc9ccccc9c8)cc7)c7ccccc7c6c5c5ccccc45)cc3)=CC2C=C1. The van der Waals surface area contributed by atoms with E-state index in [1.807, 2.05) is 0 Å². The second-order valence-electron chi connectivity index (χ2n) is 16.0. The molecule has 0 nitrogen and oxygen atoms in total. The summed E-state index contributed by atoms with van der Waals surface area (Å²) in [6.45, 7) is 0. The number of fused-ring (bicyclic) bond motifs is 12. The highest BCUT2D eigenvalue weighted by molar-refractivity contribution is 6.38. The Balaban J connectivity index is 1.04. The molecule has 0 bridgehead atoms. The Bertz CT molecular complexity index is 3430. The van der Waals surface area contributed by atoms with Gasteiger partial charge in [-0.1, -0.05) is 200 Å². The normalized spacial score (nSPS) is 16.2. The third-order valence-corrected chi connectivity index (χ3v) is 12.7. The van der Waals surface area contributed by atoms with E-state index in [1.165, 1.54) is 109 Å². The maximum absolute atomic E-state index is 2.46. The highest BCUT2D eigenvalue weighted by Crippen LogP contribution is 2.47. The standard InChI is InChI=1S/C58H38/c1-3-13-43-33-45(31-25-37(43)11-1)39-21-27-41(28-22-39)53-35-55-47-15-5-6-16-48(47)56-36-54(42-29-23-40(24-30-42)46-32-26-38-12-2-4-14-44(38)34-46)50-18-8-10-20-52(50)58(56)57(55)51-19-9-7-17-49(51)53/h1-37,43H. The Morgan fingerprint density at radius 3 is 1.36 bits per heavy atom. The summed E-state index contributed by atoms with van der Waals surface area (Å²) in [4.78, 5) is 0. The third-order valence-electron chi connectivity index (χ3n) is 12.7. The van der Waals surface area contributed by atoms with Gasteiger partial charge in [0.2, 0.25) is 0 Å². The van der Waals surface area contributed by atoms with E-state index in [4.69, 9.17) is 0 Å². The van der Waals surface area contributed by atoms with Crippen LogP contribution in [0.15, 0.2) is 218 Å². The van der Waals surface area contributed by atoms with Gasteiger partial charge in [-0.15, -0.1) is 0 Å². The maximum Gasteiger partial charge on any atom is 0.00567 e. The van der Waals surface area contributed by atoms with Gasteiger partial charge < -0.3 is 0 Å². The Morgan fingerprint density at radius 2 is 0.759 bits per heavy atom. The van der Waals surface area contributed by atoms with Crippen LogP contribution in [-0.4, -0.2) is 0 Å². The van der Waals surface area contributed by atoms with Crippen molar-refractivity contribution in [1.29, 1.82) is 0 Å². The van der Waals surface area contributed by atoms with Crippen molar-refractivity contribution < 1.29 is 0 Å². The van der Waals surface area contributed by atoms with Gasteiger partial charge in [0, 0.05) is 11.8 Å². The predicted molar refractivity (Wildman–Crippen MR) is 250 cm³/mol. The van der Waals surface area contributed by atoms with Crippen LogP contribution in [0.5, 0.6) is 0 Å². The molecule has 2 aliphatic carbocycles. The topological polar surface area (TPSA) is 0 Å². The number of hydrogen-bond acceptors (Lipinski definition) is 0. The Hall–Kier alpha value is -7.28. The predicted octanol–water partition coefficient (Wildman–Crippen LogP) is 15.9. The molecule has 0 saturated carbocycles. The summed E-state index contributed by atoms with van der Waals surface area (Å²) < 4.78 is 0.